The molecule has 1 aliphatic rings. The second-order valence-electron chi connectivity index (χ2n) is 5.11. The van der Waals surface area contributed by atoms with Crippen molar-refractivity contribution in [3.8, 4) is 0 Å². The monoisotopic (exact) mass is 360 g/mol. The molecule has 0 spiro atoms. The minimum Gasteiger partial charge on any atom is -0.480 e. The molecular weight excluding hydrogens is 347 g/mol. The Morgan fingerprint density at radius 1 is 1.57 bits per heavy atom. The number of rotatable bonds is 3. The first-order valence-corrected chi connectivity index (χ1v) is 7.25. The van der Waals surface area contributed by atoms with Crippen LogP contribution in [-0.4, -0.2) is 28.6 Å². The van der Waals surface area contributed by atoms with Crippen molar-refractivity contribution in [3.05, 3.63) is 32.5 Å². The standard InChI is InChI=1S/C13H14BrFN2O4/c1-7-3-2-4-16(12(7)13(18)19)10-6-9(15)8(14)5-11(10)17(20)21/h5-7,12H,2-4H2,1H3,(H,18,19). The Morgan fingerprint density at radius 3 is 2.81 bits per heavy atom. The van der Waals surface area contributed by atoms with Crippen LogP contribution in [0.4, 0.5) is 15.8 Å². The highest BCUT2D eigenvalue weighted by Crippen LogP contribution is 2.37. The van der Waals surface area contributed by atoms with E-state index < -0.39 is 22.8 Å². The predicted octanol–water partition coefficient (Wildman–Crippen LogP) is 3.19. The Kier molecular flexibility index (Phi) is 4.46. The van der Waals surface area contributed by atoms with E-state index in [4.69, 9.17) is 0 Å². The normalized spacial score (nSPS) is 22.1. The van der Waals surface area contributed by atoms with Crippen molar-refractivity contribution in [2.45, 2.75) is 25.8 Å². The van der Waals surface area contributed by atoms with Gasteiger partial charge in [-0.15, -0.1) is 0 Å². The molecule has 1 saturated heterocycles. The number of carbonyl (C=O) groups is 1. The molecule has 0 aliphatic carbocycles. The molecule has 114 valence electrons. The summed E-state index contributed by atoms with van der Waals surface area (Å²) in [6, 6.07) is 1.21. The molecule has 6 nitrogen and oxygen atoms in total. The van der Waals surface area contributed by atoms with Gasteiger partial charge in [0.1, 0.15) is 17.5 Å². The Hall–Kier alpha value is -1.70. The summed E-state index contributed by atoms with van der Waals surface area (Å²) in [6.45, 7) is 2.13. The zero-order valence-corrected chi connectivity index (χ0v) is 12.8. The first-order chi connectivity index (χ1) is 9.82. The Balaban J connectivity index is 2.55. The fourth-order valence-corrected chi connectivity index (χ4v) is 3.07. The van der Waals surface area contributed by atoms with Crippen LogP contribution in [0.25, 0.3) is 0 Å². The predicted molar refractivity (Wildman–Crippen MR) is 77.9 cm³/mol. The molecule has 0 aromatic heterocycles. The summed E-state index contributed by atoms with van der Waals surface area (Å²) in [5.74, 6) is -1.87. The van der Waals surface area contributed by atoms with E-state index in [9.17, 15) is 24.4 Å². The van der Waals surface area contributed by atoms with E-state index in [2.05, 4.69) is 15.9 Å². The van der Waals surface area contributed by atoms with Crippen molar-refractivity contribution in [2.24, 2.45) is 5.92 Å². The molecule has 2 unspecified atom stereocenters. The van der Waals surface area contributed by atoms with Crippen LogP contribution in [0.2, 0.25) is 0 Å². The average molecular weight is 361 g/mol. The topological polar surface area (TPSA) is 83.7 Å². The van der Waals surface area contributed by atoms with Crippen molar-refractivity contribution >= 4 is 33.3 Å². The number of benzene rings is 1. The van der Waals surface area contributed by atoms with Gasteiger partial charge in [0.15, 0.2) is 0 Å². The maximum atomic E-state index is 13.8. The number of anilines is 1. The smallest absolute Gasteiger partial charge is 0.326 e. The summed E-state index contributed by atoms with van der Waals surface area (Å²) in [5, 5.41) is 20.6. The van der Waals surface area contributed by atoms with E-state index >= 15 is 0 Å². The number of nitro groups is 1. The molecule has 1 aromatic carbocycles. The summed E-state index contributed by atoms with van der Waals surface area (Å²) >= 11 is 2.91. The summed E-state index contributed by atoms with van der Waals surface area (Å²) < 4.78 is 13.7. The maximum absolute atomic E-state index is 13.8. The zero-order chi connectivity index (χ0) is 15.7. The van der Waals surface area contributed by atoms with Gasteiger partial charge in [0.25, 0.3) is 5.69 Å². The Labute approximate surface area is 128 Å². The third-order valence-corrected chi connectivity index (χ3v) is 4.32. The first kappa shape index (κ1) is 15.7. The summed E-state index contributed by atoms with van der Waals surface area (Å²) in [5.41, 5.74) is -0.289. The quantitative estimate of drug-likeness (QED) is 0.660. The van der Waals surface area contributed by atoms with Crippen molar-refractivity contribution in [3.63, 3.8) is 0 Å². The SMILES string of the molecule is CC1CCCN(c2cc(F)c(Br)cc2[N+](=O)[O-])C1C(=O)O. The Bertz CT molecular complexity index is 596. The number of carboxylic acid groups (broad SMARTS) is 1. The van der Waals surface area contributed by atoms with Crippen molar-refractivity contribution in [2.75, 3.05) is 11.4 Å². The number of halogens is 2. The molecule has 2 rings (SSSR count). The first-order valence-electron chi connectivity index (χ1n) is 6.45. The van der Waals surface area contributed by atoms with Crippen LogP contribution in [0.5, 0.6) is 0 Å². The largest absolute Gasteiger partial charge is 0.480 e. The fourth-order valence-electron chi connectivity index (χ4n) is 2.74. The zero-order valence-electron chi connectivity index (χ0n) is 11.3. The van der Waals surface area contributed by atoms with Gasteiger partial charge in [-0.1, -0.05) is 6.92 Å². The molecule has 2 atom stereocenters. The van der Waals surface area contributed by atoms with E-state index in [1.165, 1.54) is 4.90 Å². The second-order valence-corrected chi connectivity index (χ2v) is 5.96. The third-order valence-electron chi connectivity index (χ3n) is 3.71. The molecule has 1 fully saturated rings. The number of aliphatic carboxylic acids is 1. The molecular formula is C13H14BrFN2O4. The average Bonchev–Trinajstić information content (AvgIpc) is 2.40. The molecule has 1 heterocycles. The van der Waals surface area contributed by atoms with Gasteiger partial charge in [-0.2, -0.15) is 0 Å². The van der Waals surface area contributed by atoms with Crippen LogP contribution in [-0.2, 0) is 4.79 Å². The van der Waals surface area contributed by atoms with Gasteiger partial charge in [0, 0.05) is 18.7 Å². The molecule has 0 amide bonds. The maximum Gasteiger partial charge on any atom is 0.326 e. The molecule has 0 radical (unpaired) electrons. The van der Waals surface area contributed by atoms with Gasteiger partial charge in [-0.3, -0.25) is 10.1 Å². The van der Waals surface area contributed by atoms with Gasteiger partial charge < -0.3 is 10.0 Å². The highest BCUT2D eigenvalue weighted by molar-refractivity contribution is 9.10. The minimum absolute atomic E-state index is 0.0136. The fraction of sp³-hybridized carbons (Fsp3) is 0.462. The molecule has 1 aliphatic heterocycles. The number of nitrogens with zero attached hydrogens (tertiary/aromatic N) is 2. The number of piperidine rings is 1. The molecule has 1 aromatic rings. The van der Waals surface area contributed by atoms with Gasteiger partial charge >= 0.3 is 5.97 Å². The minimum atomic E-state index is -1.06. The molecule has 21 heavy (non-hydrogen) atoms. The summed E-state index contributed by atoms with van der Waals surface area (Å²) in [4.78, 5) is 23.4. The van der Waals surface area contributed by atoms with E-state index in [-0.39, 0.29) is 21.8 Å². The van der Waals surface area contributed by atoms with Crippen LogP contribution in [0.15, 0.2) is 16.6 Å². The van der Waals surface area contributed by atoms with E-state index in [0.717, 1.165) is 18.6 Å². The lowest BCUT2D eigenvalue weighted by Gasteiger charge is -2.38. The lowest BCUT2D eigenvalue weighted by molar-refractivity contribution is -0.384. The number of nitro benzene ring substituents is 1. The van der Waals surface area contributed by atoms with E-state index in [1.807, 2.05) is 0 Å². The molecule has 0 bridgehead atoms. The van der Waals surface area contributed by atoms with Gasteiger partial charge in [0.05, 0.1) is 9.40 Å². The van der Waals surface area contributed by atoms with Crippen LogP contribution in [0, 0.1) is 21.8 Å². The van der Waals surface area contributed by atoms with E-state index in [1.54, 1.807) is 6.92 Å². The number of hydrogen-bond donors (Lipinski definition) is 1. The van der Waals surface area contributed by atoms with Crippen molar-refractivity contribution in [1.29, 1.82) is 0 Å². The molecule has 1 N–H and O–H groups in total. The van der Waals surface area contributed by atoms with Gasteiger partial charge in [-0.05, 0) is 34.7 Å². The lowest BCUT2D eigenvalue weighted by atomic mass is 9.90. The Morgan fingerprint density at radius 2 is 2.24 bits per heavy atom. The van der Waals surface area contributed by atoms with Crippen LogP contribution < -0.4 is 4.90 Å². The van der Waals surface area contributed by atoms with Crippen LogP contribution in [0.1, 0.15) is 19.8 Å². The summed E-state index contributed by atoms with van der Waals surface area (Å²) in [7, 11) is 0. The third kappa shape index (κ3) is 2.99. The highest BCUT2D eigenvalue weighted by Gasteiger charge is 2.37. The number of hydrogen-bond acceptors (Lipinski definition) is 4. The van der Waals surface area contributed by atoms with Gasteiger partial charge in [-0.25, -0.2) is 9.18 Å². The van der Waals surface area contributed by atoms with Crippen LogP contribution >= 0.6 is 15.9 Å². The lowest BCUT2D eigenvalue weighted by Crippen LogP contribution is -2.49. The summed E-state index contributed by atoms with van der Waals surface area (Å²) in [6.07, 6.45) is 1.43. The van der Waals surface area contributed by atoms with E-state index in [0.29, 0.717) is 13.0 Å². The highest BCUT2D eigenvalue weighted by atomic mass is 79.9. The van der Waals surface area contributed by atoms with Crippen LogP contribution in [0.3, 0.4) is 0 Å². The second kappa shape index (κ2) is 5.97. The molecule has 0 saturated carbocycles. The number of carboxylic acids is 1. The van der Waals surface area contributed by atoms with Crippen molar-refractivity contribution < 1.29 is 19.2 Å². The van der Waals surface area contributed by atoms with Crippen molar-refractivity contribution in [1.82, 2.24) is 0 Å². The van der Waals surface area contributed by atoms with Gasteiger partial charge in [0.2, 0.25) is 0 Å². The molecule has 8 heteroatoms.